The van der Waals surface area contributed by atoms with E-state index in [0.29, 0.717) is 5.92 Å². The number of ether oxygens (including phenoxy) is 1. The number of halogens is 2. The smallest absolute Gasteiger partial charge is 0.193 e. The number of hydrogen-bond acceptors (Lipinski definition) is 2. The molecule has 0 radical (unpaired) electrons. The van der Waals surface area contributed by atoms with Crippen molar-refractivity contribution in [2.24, 2.45) is 10.9 Å². The molecule has 1 aliphatic heterocycles. The van der Waals surface area contributed by atoms with E-state index in [4.69, 9.17) is 16.3 Å². The standard InChI is InChI=1S/C20H32ClN3O.HI/c1-5-20(6-2,17-7-9-18(21)10-8-17)15-23-19(22-3)24-12-11-16(13-24)14-25-4;/h7-10,16H,5-6,11-15H2,1-4H3,(H,22,23);1H. The Kier molecular flexibility index (Phi) is 10.3. The zero-order valence-electron chi connectivity index (χ0n) is 16.4. The molecule has 1 atom stereocenters. The van der Waals surface area contributed by atoms with E-state index in [9.17, 15) is 0 Å². The van der Waals surface area contributed by atoms with Crippen LogP contribution in [0.5, 0.6) is 0 Å². The predicted octanol–water partition coefficient (Wildman–Crippen LogP) is 4.56. The van der Waals surface area contributed by atoms with Gasteiger partial charge < -0.3 is 15.0 Å². The molecule has 1 unspecified atom stereocenters. The van der Waals surface area contributed by atoms with Gasteiger partial charge in [-0.1, -0.05) is 37.6 Å². The van der Waals surface area contributed by atoms with Gasteiger partial charge >= 0.3 is 0 Å². The Morgan fingerprint density at radius 1 is 1.31 bits per heavy atom. The van der Waals surface area contributed by atoms with Gasteiger partial charge in [0.1, 0.15) is 0 Å². The maximum Gasteiger partial charge on any atom is 0.193 e. The zero-order valence-corrected chi connectivity index (χ0v) is 19.5. The third kappa shape index (κ3) is 5.73. The predicted molar refractivity (Wildman–Crippen MR) is 122 cm³/mol. The number of hydrogen-bond donors (Lipinski definition) is 1. The van der Waals surface area contributed by atoms with Crippen molar-refractivity contribution < 1.29 is 4.74 Å². The monoisotopic (exact) mass is 493 g/mol. The molecule has 0 aromatic heterocycles. The second-order valence-corrected chi connectivity index (χ2v) is 7.39. The van der Waals surface area contributed by atoms with E-state index >= 15 is 0 Å². The van der Waals surface area contributed by atoms with Crippen LogP contribution in [0.15, 0.2) is 29.3 Å². The molecule has 0 amide bonds. The summed E-state index contributed by atoms with van der Waals surface area (Å²) in [5.41, 5.74) is 1.43. The fraction of sp³-hybridized carbons (Fsp3) is 0.650. The molecular weight excluding hydrogens is 461 g/mol. The molecule has 4 nitrogen and oxygen atoms in total. The van der Waals surface area contributed by atoms with Crippen LogP contribution in [0.25, 0.3) is 0 Å². The number of rotatable bonds is 7. The van der Waals surface area contributed by atoms with E-state index in [1.807, 2.05) is 19.2 Å². The average molecular weight is 494 g/mol. The van der Waals surface area contributed by atoms with Gasteiger partial charge in [-0.2, -0.15) is 0 Å². The first-order valence-corrected chi connectivity index (χ1v) is 9.67. The lowest BCUT2D eigenvalue weighted by Crippen LogP contribution is -2.46. The summed E-state index contributed by atoms with van der Waals surface area (Å²) in [4.78, 5) is 6.86. The van der Waals surface area contributed by atoms with Crippen LogP contribution in [0.3, 0.4) is 0 Å². The highest BCUT2D eigenvalue weighted by Crippen LogP contribution is 2.32. The molecule has 148 valence electrons. The molecule has 0 saturated carbocycles. The van der Waals surface area contributed by atoms with Crippen LogP contribution in [-0.4, -0.2) is 51.3 Å². The minimum absolute atomic E-state index is 0. The molecule has 26 heavy (non-hydrogen) atoms. The molecule has 2 rings (SSSR count). The van der Waals surface area contributed by atoms with Crippen LogP contribution < -0.4 is 5.32 Å². The van der Waals surface area contributed by atoms with Crippen LogP contribution >= 0.6 is 35.6 Å². The fourth-order valence-electron chi connectivity index (χ4n) is 3.79. The molecule has 6 heteroatoms. The average Bonchev–Trinajstić information content (AvgIpc) is 3.09. The second-order valence-electron chi connectivity index (χ2n) is 6.95. The zero-order chi connectivity index (χ0) is 18.3. The molecule has 1 N–H and O–H groups in total. The van der Waals surface area contributed by atoms with Crippen LogP contribution in [-0.2, 0) is 10.2 Å². The number of guanidine groups is 1. The number of benzene rings is 1. The fourth-order valence-corrected chi connectivity index (χ4v) is 3.92. The third-order valence-corrected chi connectivity index (χ3v) is 5.85. The van der Waals surface area contributed by atoms with Crippen molar-refractivity contribution in [2.45, 2.75) is 38.5 Å². The van der Waals surface area contributed by atoms with Gasteiger partial charge in [0.15, 0.2) is 5.96 Å². The molecule has 1 aliphatic rings. The van der Waals surface area contributed by atoms with Crippen molar-refractivity contribution in [3.05, 3.63) is 34.9 Å². The van der Waals surface area contributed by atoms with Crippen molar-refractivity contribution in [3.8, 4) is 0 Å². The highest BCUT2D eigenvalue weighted by Gasteiger charge is 2.30. The van der Waals surface area contributed by atoms with Crippen LogP contribution in [0, 0.1) is 5.92 Å². The quantitative estimate of drug-likeness (QED) is 0.344. The Balaban J connectivity index is 0.00000338. The maximum atomic E-state index is 6.07. The highest BCUT2D eigenvalue weighted by atomic mass is 127. The summed E-state index contributed by atoms with van der Waals surface area (Å²) in [5, 5.41) is 4.42. The molecule has 1 saturated heterocycles. The van der Waals surface area contributed by atoms with Crippen molar-refractivity contribution in [1.82, 2.24) is 10.2 Å². The summed E-state index contributed by atoms with van der Waals surface area (Å²) >= 11 is 6.07. The SMILES string of the molecule is CCC(CC)(CNC(=NC)N1CCC(COC)C1)c1ccc(Cl)cc1.I. The first kappa shape index (κ1) is 23.5. The molecule has 0 bridgehead atoms. The number of aliphatic imine (C=N–C) groups is 1. The van der Waals surface area contributed by atoms with Crippen molar-refractivity contribution in [3.63, 3.8) is 0 Å². The minimum Gasteiger partial charge on any atom is -0.384 e. The summed E-state index contributed by atoms with van der Waals surface area (Å²) in [5.74, 6) is 1.60. The van der Waals surface area contributed by atoms with Gasteiger partial charge in [0.2, 0.25) is 0 Å². The second kappa shape index (κ2) is 11.3. The molecular formula is C20H33ClIN3O. The summed E-state index contributed by atoms with van der Waals surface area (Å²) in [6, 6.07) is 8.29. The van der Waals surface area contributed by atoms with Gasteiger partial charge in [-0.05, 0) is 37.0 Å². The lowest BCUT2D eigenvalue weighted by atomic mass is 9.76. The van der Waals surface area contributed by atoms with E-state index in [2.05, 4.69) is 41.2 Å². The largest absolute Gasteiger partial charge is 0.384 e. The molecule has 0 spiro atoms. The van der Waals surface area contributed by atoms with Gasteiger partial charge in [0.05, 0.1) is 6.61 Å². The van der Waals surface area contributed by atoms with Crippen molar-refractivity contribution in [1.29, 1.82) is 0 Å². The van der Waals surface area contributed by atoms with E-state index in [1.165, 1.54) is 12.0 Å². The summed E-state index contributed by atoms with van der Waals surface area (Å²) in [6.45, 7) is 8.27. The van der Waals surface area contributed by atoms with Gasteiger partial charge in [0.25, 0.3) is 0 Å². The lowest BCUT2D eigenvalue weighted by Gasteiger charge is -2.34. The topological polar surface area (TPSA) is 36.9 Å². The van der Waals surface area contributed by atoms with Crippen LogP contribution in [0.4, 0.5) is 0 Å². The molecule has 1 aromatic carbocycles. The van der Waals surface area contributed by atoms with Gasteiger partial charge in [-0.15, -0.1) is 24.0 Å². The summed E-state index contributed by atoms with van der Waals surface area (Å²) in [7, 11) is 3.65. The Morgan fingerprint density at radius 3 is 2.50 bits per heavy atom. The van der Waals surface area contributed by atoms with Crippen LogP contribution in [0.1, 0.15) is 38.7 Å². The van der Waals surface area contributed by atoms with Gasteiger partial charge in [0, 0.05) is 50.1 Å². The number of nitrogens with zero attached hydrogens (tertiary/aromatic N) is 2. The Morgan fingerprint density at radius 2 is 1.96 bits per heavy atom. The normalized spacial score (nSPS) is 18.0. The first-order chi connectivity index (χ1) is 12.1. The van der Waals surface area contributed by atoms with E-state index in [-0.39, 0.29) is 29.4 Å². The number of methoxy groups -OCH3 is 1. The van der Waals surface area contributed by atoms with E-state index in [1.54, 1.807) is 7.11 Å². The van der Waals surface area contributed by atoms with E-state index < -0.39 is 0 Å². The third-order valence-electron chi connectivity index (χ3n) is 5.59. The van der Waals surface area contributed by atoms with Crippen LogP contribution in [0.2, 0.25) is 5.02 Å². The Bertz CT molecular complexity index is 561. The maximum absolute atomic E-state index is 6.07. The van der Waals surface area contributed by atoms with Gasteiger partial charge in [-0.25, -0.2) is 0 Å². The minimum atomic E-state index is 0. The Labute approximate surface area is 180 Å². The number of nitrogens with one attached hydrogen (secondary N) is 1. The Hall–Kier alpha value is -0.530. The number of likely N-dealkylation sites (tertiary alicyclic amines) is 1. The molecule has 1 fully saturated rings. The molecule has 1 heterocycles. The first-order valence-electron chi connectivity index (χ1n) is 9.29. The van der Waals surface area contributed by atoms with Gasteiger partial charge in [-0.3, -0.25) is 4.99 Å². The molecule has 0 aliphatic carbocycles. The summed E-state index contributed by atoms with van der Waals surface area (Å²) < 4.78 is 5.31. The lowest BCUT2D eigenvalue weighted by molar-refractivity contribution is 0.157. The summed E-state index contributed by atoms with van der Waals surface area (Å²) in [6.07, 6.45) is 3.31. The van der Waals surface area contributed by atoms with Crippen molar-refractivity contribution >= 4 is 41.5 Å². The highest BCUT2D eigenvalue weighted by molar-refractivity contribution is 14.0. The molecule has 1 aromatic rings. The van der Waals surface area contributed by atoms with Crippen molar-refractivity contribution in [2.75, 3.05) is 40.4 Å². The van der Waals surface area contributed by atoms with E-state index in [0.717, 1.165) is 50.1 Å².